The molecule has 3 nitrogen and oxygen atoms in total. The van der Waals surface area contributed by atoms with E-state index in [2.05, 4.69) is 205 Å². The number of anilines is 3. The van der Waals surface area contributed by atoms with E-state index in [-0.39, 0.29) is 0 Å². The van der Waals surface area contributed by atoms with E-state index in [9.17, 15) is 0 Å². The summed E-state index contributed by atoms with van der Waals surface area (Å²) < 4.78 is 12.6. The number of nitrogens with zero attached hydrogens (tertiary/aromatic N) is 1. The zero-order chi connectivity index (χ0) is 41.9. The Labute approximate surface area is 369 Å². The highest BCUT2D eigenvalue weighted by Gasteiger charge is 2.52. The van der Waals surface area contributed by atoms with E-state index in [4.69, 9.17) is 8.83 Å². The fraction of sp³-hybridized carbons (Fsp3) is 0.0164. The van der Waals surface area contributed by atoms with Gasteiger partial charge in [-0.2, -0.15) is 0 Å². The number of fused-ring (bicyclic) bond motifs is 16. The first kappa shape index (κ1) is 35.2. The van der Waals surface area contributed by atoms with Crippen molar-refractivity contribution < 1.29 is 8.83 Å². The van der Waals surface area contributed by atoms with Gasteiger partial charge in [0.2, 0.25) is 0 Å². The van der Waals surface area contributed by atoms with Crippen LogP contribution in [0, 0.1) is 0 Å². The van der Waals surface area contributed by atoms with Crippen molar-refractivity contribution >= 4 is 60.9 Å². The van der Waals surface area contributed by atoms with Crippen LogP contribution in [-0.2, 0) is 5.41 Å². The molecule has 0 fully saturated rings. The van der Waals surface area contributed by atoms with E-state index in [0.29, 0.717) is 0 Å². The fourth-order valence-corrected chi connectivity index (χ4v) is 11.3. The van der Waals surface area contributed by atoms with E-state index in [1.54, 1.807) is 0 Å². The molecule has 0 radical (unpaired) electrons. The van der Waals surface area contributed by atoms with Crippen molar-refractivity contribution in [2.45, 2.75) is 5.41 Å². The molecule has 0 amide bonds. The zero-order valence-corrected chi connectivity index (χ0v) is 34.6. The van der Waals surface area contributed by atoms with E-state index >= 15 is 0 Å². The summed E-state index contributed by atoms with van der Waals surface area (Å²) in [5.41, 5.74) is 21.4. The predicted molar refractivity (Wildman–Crippen MR) is 263 cm³/mol. The van der Waals surface area contributed by atoms with Crippen molar-refractivity contribution in [3.8, 4) is 44.5 Å². The van der Waals surface area contributed by atoms with Crippen molar-refractivity contribution in [3.63, 3.8) is 0 Å². The van der Waals surface area contributed by atoms with Crippen molar-refractivity contribution in [3.05, 3.63) is 247 Å². The number of rotatable bonds is 5. The Bertz CT molecular complexity index is 3650. The third-order valence-electron chi connectivity index (χ3n) is 13.9. The van der Waals surface area contributed by atoms with Gasteiger partial charge in [-0.15, -0.1) is 0 Å². The molecule has 0 atom stereocenters. The molecule has 3 heteroatoms. The molecule has 0 aliphatic heterocycles. The summed E-state index contributed by atoms with van der Waals surface area (Å²) in [6, 6.07) is 81.6. The smallest absolute Gasteiger partial charge is 0.136 e. The van der Waals surface area contributed by atoms with E-state index in [0.717, 1.165) is 83.2 Å². The highest BCUT2D eigenvalue weighted by atomic mass is 16.3. The summed E-state index contributed by atoms with van der Waals surface area (Å²) in [6.07, 6.45) is 0. The second kappa shape index (κ2) is 13.3. The number of benzene rings is 10. The molecular formula is C61H37NO2. The number of para-hydroxylation sites is 2. The van der Waals surface area contributed by atoms with Crippen LogP contribution in [0.5, 0.6) is 0 Å². The Hall–Kier alpha value is -8.40. The summed E-state index contributed by atoms with van der Waals surface area (Å²) in [5.74, 6) is 0. The molecule has 14 rings (SSSR count). The van der Waals surface area contributed by atoms with Gasteiger partial charge in [0, 0.05) is 38.5 Å². The summed E-state index contributed by atoms with van der Waals surface area (Å²) in [5, 5.41) is 4.53. The molecule has 0 bridgehead atoms. The van der Waals surface area contributed by atoms with Crippen LogP contribution in [0.2, 0.25) is 0 Å². The molecule has 12 aromatic rings. The third kappa shape index (κ3) is 4.76. The lowest BCUT2D eigenvalue weighted by atomic mass is 9.70. The normalized spacial score (nSPS) is 13.1. The van der Waals surface area contributed by atoms with Gasteiger partial charge in [-0.05, 0) is 116 Å². The van der Waals surface area contributed by atoms with Crippen LogP contribution in [0.15, 0.2) is 233 Å². The maximum Gasteiger partial charge on any atom is 0.136 e. The van der Waals surface area contributed by atoms with Gasteiger partial charge in [-0.3, -0.25) is 0 Å². The van der Waals surface area contributed by atoms with Gasteiger partial charge in [0.25, 0.3) is 0 Å². The average molecular weight is 816 g/mol. The Balaban J connectivity index is 0.985. The molecule has 1 spiro atoms. The maximum atomic E-state index is 6.32. The summed E-state index contributed by atoms with van der Waals surface area (Å²) >= 11 is 0. The summed E-state index contributed by atoms with van der Waals surface area (Å²) in [7, 11) is 0. The fourth-order valence-electron chi connectivity index (χ4n) is 11.3. The molecule has 0 saturated heterocycles. The molecule has 64 heavy (non-hydrogen) atoms. The first-order chi connectivity index (χ1) is 31.8. The van der Waals surface area contributed by atoms with Crippen LogP contribution in [0.3, 0.4) is 0 Å². The molecule has 2 aliphatic carbocycles. The minimum Gasteiger partial charge on any atom is -0.456 e. The molecule has 2 aliphatic rings. The quantitative estimate of drug-likeness (QED) is 0.173. The standard InChI is InChI=1S/C61H37NO2/c1-6-21-49-44(14-1)45-15-2-7-22-50(45)61(49)51-23-8-3-16-46(51)60-52(61)24-13-25-53(60)62(40-34-30-38(31-35-40)42-19-11-28-56-58(42)47-17-4-9-26-54(47)63-56)41-36-32-39(33-37-41)43-20-12-29-57-59(43)48-18-5-10-27-55(48)64-57/h1-37H. The second-order valence-electron chi connectivity index (χ2n) is 17.1. The molecular weight excluding hydrogens is 779 g/mol. The molecule has 0 saturated carbocycles. The molecule has 2 aromatic heterocycles. The summed E-state index contributed by atoms with van der Waals surface area (Å²) in [4.78, 5) is 2.45. The van der Waals surface area contributed by atoms with E-state index in [1.165, 1.54) is 44.5 Å². The largest absolute Gasteiger partial charge is 0.456 e. The Morgan fingerprint density at radius 1 is 0.297 bits per heavy atom. The van der Waals surface area contributed by atoms with Gasteiger partial charge in [0.15, 0.2) is 0 Å². The minimum atomic E-state index is -0.452. The summed E-state index contributed by atoms with van der Waals surface area (Å²) in [6.45, 7) is 0. The minimum absolute atomic E-state index is 0.452. The lowest BCUT2D eigenvalue weighted by Gasteiger charge is -2.32. The average Bonchev–Trinajstić information content (AvgIpc) is 4.10. The molecule has 0 unspecified atom stereocenters. The van der Waals surface area contributed by atoms with Crippen LogP contribution < -0.4 is 4.90 Å². The van der Waals surface area contributed by atoms with E-state index < -0.39 is 5.41 Å². The van der Waals surface area contributed by atoms with Crippen LogP contribution in [-0.4, -0.2) is 0 Å². The number of hydrogen-bond donors (Lipinski definition) is 0. The van der Waals surface area contributed by atoms with Crippen molar-refractivity contribution in [2.75, 3.05) is 4.90 Å². The van der Waals surface area contributed by atoms with Gasteiger partial charge in [0.05, 0.1) is 11.1 Å². The topological polar surface area (TPSA) is 29.5 Å². The predicted octanol–water partition coefficient (Wildman–Crippen LogP) is 16.6. The SMILES string of the molecule is c1ccc2c(c1)-c1ccccc1C21c2ccccc2-c2c(N(c3ccc(-c4cccc5oc6ccccc6c45)cc3)c3ccc(-c4cccc5oc6ccccc6c45)cc3)cccc21. The Kier molecular flexibility index (Phi) is 7.32. The zero-order valence-electron chi connectivity index (χ0n) is 34.6. The Morgan fingerprint density at radius 3 is 1.22 bits per heavy atom. The highest BCUT2D eigenvalue weighted by molar-refractivity contribution is 6.14. The highest BCUT2D eigenvalue weighted by Crippen LogP contribution is 2.64. The van der Waals surface area contributed by atoms with Crippen LogP contribution in [0.4, 0.5) is 17.1 Å². The molecule has 10 aromatic carbocycles. The van der Waals surface area contributed by atoms with Crippen LogP contribution in [0.1, 0.15) is 22.3 Å². The molecule has 2 heterocycles. The van der Waals surface area contributed by atoms with E-state index in [1.807, 2.05) is 24.3 Å². The lowest BCUT2D eigenvalue weighted by Crippen LogP contribution is -2.26. The lowest BCUT2D eigenvalue weighted by molar-refractivity contribution is 0.668. The monoisotopic (exact) mass is 815 g/mol. The second-order valence-corrected chi connectivity index (χ2v) is 17.1. The third-order valence-corrected chi connectivity index (χ3v) is 13.9. The van der Waals surface area contributed by atoms with Crippen molar-refractivity contribution in [2.24, 2.45) is 0 Å². The first-order valence-corrected chi connectivity index (χ1v) is 22.0. The van der Waals surface area contributed by atoms with Crippen LogP contribution in [0.25, 0.3) is 88.4 Å². The van der Waals surface area contributed by atoms with Gasteiger partial charge in [-0.1, -0.05) is 170 Å². The first-order valence-electron chi connectivity index (χ1n) is 22.0. The Morgan fingerprint density at radius 2 is 0.688 bits per heavy atom. The van der Waals surface area contributed by atoms with Crippen molar-refractivity contribution in [1.29, 1.82) is 0 Å². The number of furan rings is 2. The van der Waals surface area contributed by atoms with Gasteiger partial charge >= 0.3 is 0 Å². The molecule has 298 valence electrons. The maximum absolute atomic E-state index is 6.32. The number of hydrogen-bond acceptors (Lipinski definition) is 3. The van der Waals surface area contributed by atoms with Crippen molar-refractivity contribution in [1.82, 2.24) is 0 Å². The van der Waals surface area contributed by atoms with Gasteiger partial charge in [-0.25, -0.2) is 0 Å². The molecule has 0 N–H and O–H groups in total. The van der Waals surface area contributed by atoms with Gasteiger partial charge < -0.3 is 13.7 Å². The van der Waals surface area contributed by atoms with Crippen LogP contribution >= 0.6 is 0 Å². The van der Waals surface area contributed by atoms with Gasteiger partial charge in [0.1, 0.15) is 22.3 Å².